The number of carbonyl (C=O) groups excluding carboxylic acids is 1. The standard InChI is InChI=1S/C13H22O2/c1-10-6-7-12(15-10)8-9-13(14)11-4-2-3-5-11/h10-12H,2-9H2,1H3. The molecule has 0 amide bonds. The summed E-state index contributed by atoms with van der Waals surface area (Å²) in [7, 11) is 0. The molecule has 86 valence electrons. The molecule has 0 aromatic rings. The maximum Gasteiger partial charge on any atom is 0.136 e. The number of ether oxygens (including phenoxy) is 1. The first kappa shape index (κ1) is 11.1. The van der Waals surface area contributed by atoms with E-state index in [4.69, 9.17) is 4.74 Å². The van der Waals surface area contributed by atoms with E-state index in [1.54, 1.807) is 0 Å². The van der Waals surface area contributed by atoms with Crippen LogP contribution in [0.2, 0.25) is 0 Å². The average molecular weight is 210 g/mol. The molecular weight excluding hydrogens is 188 g/mol. The lowest BCUT2D eigenvalue weighted by atomic mass is 9.97. The summed E-state index contributed by atoms with van der Waals surface area (Å²) in [6.07, 6.45) is 9.60. The highest BCUT2D eigenvalue weighted by Gasteiger charge is 2.26. The van der Waals surface area contributed by atoms with Gasteiger partial charge in [-0.15, -0.1) is 0 Å². The Labute approximate surface area is 92.4 Å². The average Bonchev–Trinajstić information content (AvgIpc) is 2.84. The summed E-state index contributed by atoms with van der Waals surface area (Å²) < 4.78 is 5.72. The van der Waals surface area contributed by atoms with Gasteiger partial charge in [0.15, 0.2) is 0 Å². The SMILES string of the molecule is CC1CCC(CCC(=O)C2CCCC2)O1. The van der Waals surface area contributed by atoms with E-state index in [9.17, 15) is 4.79 Å². The van der Waals surface area contributed by atoms with Gasteiger partial charge in [0.25, 0.3) is 0 Å². The van der Waals surface area contributed by atoms with Crippen molar-refractivity contribution in [3.63, 3.8) is 0 Å². The Bertz CT molecular complexity index is 219. The number of hydrogen-bond acceptors (Lipinski definition) is 2. The first-order valence-corrected chi connectivity index (χ1v) is 6.44. The van der Waals surface area contributed by atoms with Crippen LogP contribution >= 0.6 is 0 Å². The van der Waals surface area contributed by atoms with Crippen LogP contribution in [-0.2, 0) is 9.53 Å². The molecule has 2 aliphatic rings. The summed E-state index contributed by atoms with van der Waals surface area (Å²) in [6, 6.07) is 0. The molecule has 2 nitrogen and oxygen atoms in total. The molecule has 2 fully saturated rings. The molecular formula is C13H22O2. The number of hydrogen-bond donors (Lipinski definition) is 0. The Hall–Kier alpha value is -0.370. The van der Waals surface area contributed by atoms with Crippen molar-refractivity contribution < 1.29 is 9.53 Å². The van der Waals surface area contributed by atoms with Crippen molar-refractivity contribution in [1.29, 1.82) is 0 Å². The van der Waals surface area contributed by atoms with Gasteiger partial charge in [-0.1, -0.05) is 12.8 Å². The quantitative estimate of drug-likeness (QED) is 0.712. The summed E-state index contributed by atoms with van der Waals surface area (Å²) >= 11 is 0. The first-order chi connectivity index (χ1) is 7.25. The zero-order valence-electron chi connectivity index (χ0n) is 9.71. The van der Waals surface area contributed by atoms with Crippen LogP contribution in [0.25, 0.3) is 0 Å². The molecule has 15 heavy (non-hydrogen) atoms. The molecule has 1 aliphatic carbocycles. The smallest absolute Gasteiger partial charge is 0.136 e. The van der Waals surface area contributed by atoms with Crippen molar-refractivity contribution in [3.8, 4) is 0 Å². The Morgan fingerprint density at radius 3 is 2.53 bits per heavy atom. The largest absolute Gasteiger partial charge is 0.375 e. The predicted molar refractivity (Wildman–Crippen MR) is 59.8 cm³/mol. The maximum absolute atomic E-state index is 11.8. The Morgan fingerprint density at radius 2 is 1.93 bits per heavy atom. The number of ketones is 1. The van der Waals surface area contributed by atoms with Crippen LogP contribution in [-0.4, -0.2) is 18.0 Å². The third kappa shape index (κ3) is 3.04. The minimum absolute atomic E-state index is 0.366. The van der Waals surface area contributed by atoms with Gasteiger partial charge in [-0.25, -0.2) is 0 Å². The minimum Gasteiger partial charge on any atom is -0.375 e. The molecule has 0 aromatic carbocycles. The molecule has 1 saturated carbocycles. The summed E-state index contributed by atoms with van der Waals surface area (Å²) in [4.78, 5) is 11.8. The Kier molecular flexibility index (Phi) is 3.79. The van der Waals surface area contributed by atoms with E-state index >= 15 is 0 Å². The van der Waals surface area contributed by atoms with Gasteiger partial charge in [0.1, 0.15) is 5.78 Å². The lowest BCUT2D eigenvalue weighted by Gasteiger charge is -2.12. The van der Waals surface area contributed by atoms with E-state index in [0.29, 0.717) is 23.9 Å². The molecule has 2 heteroatoms. The van der Waals surface area contributed by atoms with Crippen LogP contribution in [0.3, 0.4) is 0 Å². The third-order valence-corrected chi connectivity index (χ3v) is 3.84. The molecule has 0 aromatic heterocycles. The fraction of sp³-hybridized carbons (Fsp3) is 0.923. The van der Waals surface area contributed by atoms with Gasteiger partial charge in [0, 0.05) is 12.3 Å². The van der Waals surface area contributed by atoms with E-state index in [1.165, 1.54) is 19.3 Å². The number of Topliss-reactive ketones (excluding diaryl/α,β-unsaturated/α-hetero) is 1. The van der Waals surface area contributed by atoms with Crippen molar-refractivity contribution in [1.82, 2.24) is 0 Å². The molecule has 0 N–H and O–H groups in total. The maximum atomic E-state index is 11.8. The van der Waals surface area contributed by atoms with Crippen molar-refractivity contribution in [2.45, 2.75) is 70.5 Å². The van der Waals surface area contributed by atoms with Crippen LogP contribution in [0.1, 0.15) is 58.3 Å². The molecule has 2 unspecified atom stereocenters. The van der Waals surface area contributed by atoms with Crippen molar-refractivity contribution in [2.75, 3.05) is 0 Å². The molecule has 2 atom stereocenters. The molecule has 1 saturated heterocycles. The topological polar surface area (TPSA) is 26.3 Å². The van der Waals surface area contributed by atoms with Gasteiger partial charge in [-0.3, -0.25) is 4.79 Å². The van der Waals surface area contributed by atoms with Crippen LogP contribution in [0, 0.1) is 5.92 Å². The number of rotatable bonds is 4. The molecule has 2 rings (SSSR count). The second-order valence-electron chi connectivity index (χ2n) is 5.13. The highest BCUT2D eigenvalue weighted by atomic mass is 16.5. The monoisotopic (exact) mass is 210 g/mol. The molecule has 1 aliphatic heterocycles. The summed E-state index contributed by atoms with van der Waals surface area (Å²) in [5, 5.41) is 0. The highest BCUT2D eigenvalue weighted by molar-refractivity contribution is 5.81. The zero-order valence-corrected chi connectivity index (χ0v) is 9.71. The fourth-order valence-corrected chi connectivity index (χ4v) is 2.85. The van der Waals surface area contributed by atoms with E-state index < -0.39 is 0 Å². The molecule has 0 bridgehead atoms. The Morgan fingerprint density at radius 1 is 1.20 bits per heavy atom. The van der Waals surface area contributed by atoms with Crippen molar-refractivity contribution >= 4 is 5.78 Å². The van der Waals surface area contributed by atoms with E-state index in [0.717, 1.165) is 32.1 Å². The van der Waals surface area contributed by atoms with E-state index in [1.807, 2.05) is 0 Å². The van der Waals surface area contributed by atoms with Gasteiger partial charge < -0.3 is 4.74 Å². The van der Waals surface area contributed by atoms with E-state index in [2.05, 4.69) is 6.92 Å². The van der Waals surface area contributed by atoms with Crippen LogP contribution in [0.5, 0.6) is 0 Å². The van der Waals surface area contributed by atoms with Crippen molar-refractivity contribution in [3.05, 3.63) is 0 Å². The summed E-state index contributed by atoms with van der Waals surface area (Å²) in [6.45, 7) is 2.12. The fourth-order valence-electron chi connectivity index (χ4n) is 2.85. The second kappa shape index (κ2) is 5.11. The molecule has 1 heterocycles. The van der Waals surface area contributed by atoms with Crippen LogP contribution in [0.4, 0.5) is 0 Å². The van der Waals surface area contributed by atoms with Gasteiger partial charge in [0.2, 0.25) is 0 Å². The minimum atomic E-state index is 0.366. The van der Waals surface area contributed by atoms with Crippen molar-refractivity contribution in [2.24, 2.45) is 5.92 Å². The van der Waals surface area contributed by atoms with Gasteiger partial charge in [-0.05, 0) is 39.0 Å². The van der Waals surface area contributed by atoms with Gasteiger partial charge in [-0.2, -0.15) is 0 Å². The van der Waals surface area contributed by atoms with Gasteiger partial charge >= 0.3 is 0 Å². The summed E-state index contributed by atoms with van der Waals surface area (Å²) in [5.41, 5.74) is 0. The Balaban J connectivity index is 1.66. The highest BCUT2D eigenvalue weighted by Crippen LogP contribution is 2.28. The zero-order chi connectivity index (χ0) is 10.7. The lowest BCUT2D eigenvalue weighted by Crippen LogP contribution is -2.15. The normalized spacial score (nSPS) is 32.3. The van der Waals surface area contributed by atoms with Crippen LogP contribution in [0.15, 0.2) is 0 Å². The van der Waals surface area contributed by atoms with Crippen LogP contribution < -0.4 is 0 Å². The summed E-state index contributed by atoms with van der Waals surface area (Å²) in [5.74, 6) is 0.888. The van der Waals surface area contributed by atoms with E-state index in [-0.39, 0.29) is 0 Å². The third-order valence-electron chi connectivity index (χ3n) is 3.84. The molecule has 0 spiro atoms. The first-order valence-electron chi connectivity index (χ1n) is 6.44. The second-order valence-corrected chi connectivity index (χ2v) is 5.13. The van der Waals surface area contributed by atoms with Gasteiger partial charge in [0.05, 0.1) is 12.2 Å². The lowest BCUT2D eigenvalue weighted by molar-refractivity contribution is -0.123. The molecule has 0 radical (unpaired) electrons. The predicted octanol–water partition coefficient (Wildman–Crippen LogP) is 3.09. The number of carbonyl (C=O) groups is 1.